The molecule has 12 heavy (non-hydrogen) atoms. The van der Waals surface area contributed by atoms with Crippen molar-refractivity contribution in [1.29, 1.82) is 0 Å². The van der Waals surface area contributed by atoms with E-state index < -0.39 is 0 Å². The fraction of sp³-hybridized carbons (Fsp3) is 0.636. The van der Waals surface area contributed by atoms with Gasteiger partial charge in [0.2, 0.25) is 0 Å². The lowest BCUT2D eigenvalue weighted by Crippen LogP contribution is -2.05. The predicted molar refractivity (Wildman–Crippen MR) is 56.8 cm³/mol. The molecule has 0 aliphatic carbocycles. The molecule has 68 valence electrons. The van der Waals surface area contributed by atoms with E-state index in [1.165, 1.54) is 18.4 Å². The summed E-state index contributed by atoms with van der Waals surface area (Å²) in [5, 5.41) is 2.19. The standard InChI is InChI=1S/C11H18S/c1-9-6-8-12-10(9)5-7-11(2,3)4/h6,8H,5,7H2,1-4H3. The topological polar surface area (TPSA) is 0 Å². The van der Waals surface area contributed by atoms with E-state index in [-0.39, 0.29) is 0 Å². The summed E-state index contributed by atoms with van der Waals surface area (Å²) in [6, 6.07) is 2.21. The first-order valence-electron chi connectivity index (χ1n) is 4.52. The van der Waals surface area contributed by atoms with E-state index in [1.54, 1.807) is 4.88 Å². The van der Waals surface area contributed by atoms with Gasteiger partial charge < -0.3 is 0 Å². The Kier molecular flexibility index (Phi) is 2.94. The van der Waals surface area contributed by atoms with Crippen LogP contribution >= 0.6 is 11.3 Å². The van der Waals surface area contributed by atoms with Crippen LogP contribution in [0.2, 0.25) is 0 Å². The van der Waals surface area contributed by atoms with Gasteiger partial charge in [0.05, 0.1) is 0 Å². The van der Waals surface area contributed by atoms with Gasteiger partial charge in [0.25, 0.3) is 0 Å². The lowest BCUT2D eigenvalue weighted by Gasteiger charge is -2.17. The van der Waals surface area contributed by atoms with Crippen LogP contribution < -0.4 is 0 Å². The average Bonchev–Trinajstić information content (AvgIpc) is 2.29. The molecule has 0 bridgehead atoms. The first-order chi connectivity index (χ1) is 5.49. The minimum absolute atomic E-state index is 0.469. The molecule has 0 radical (unpaired) electrons. The van der Waals surface area contributed by atoms with E-state index in [4.69, 9.17) is 0 Å². The summed E-state index contributed by atoms with van der Waals surface area (Å²) in [6.45, 7) is 9.11. The van der Waals surface area contributed by atoms with Crippen molar-refractivity contribution in [3.05, 3.63) is 21.9 Å². The van der Waals surface area contributed by atoms with E-state index in [0.29, 0.717) is 5.41 Å². The maximum atomic E-state index is 2.30. The Bertz CT molecular complexity index is 240. The van der Waals surface area contributed by atoms with Gasteiger partial charge in [-0.05, 0) is 42.2 Å². The van der Waals surface area contributed by atoms with Gasteiger partial charge in [-0.15, -0.1) is 11.3 Å². The summed E-state index contributed by atoms with van der Waals surface area (Å²) in [5.41, 5.74) is 1.93. The van der Waals surface area contributed by atoms with Gasteiger partial charge in [-0.1, -0.05) is 20.8 Å². The largest absolute Gasteiger partial charge is 0.149 e. The molecular weight excluding hydrogens is 164 g/mol. The van der Waals surface area contributed by atoms with Gasteiger partial charge in [0, 0.05) is 4.88 Å². The molecule has 0 spiro atoms. The van der Waals surface area contributed by atoms with Crippen LogP contribution in [0.5, 0.6) is 0 Å². The highest BCUT2D eigenvalue weighted by Crippen LogP contribution is 2.25. The molecule has 0 aromatic carbocycles. The van der Waals surface area contributed by atoms with E-state index >= 15 is 0 Å². The van der Waals surface area contributed by atoms with E-state index in [0.717, 1.165) is 0 Å². The molecule has 1 aromatic heterocycles. The highest BCUT2D eigenvalue weighted by Gasteiger charge is 2.11. The lowest BCUT2D eigenvalue weighted by molar-refractivity contribution is 0.379. The Balaban J connectivity index is 2.49. The van der Waals surface area contributed by atoms with Gasteiger partial charge in [-0.3, -0.25) is 0 Å². The highest BCUT2D eigenvalue weighted by molar-refractivity contribution is 7.10. The Morgan fingerprint density at radius 1 is 1.33 bits per heavy atom. The zero-order valence-electron chi connectivity index (χ0n) is 8.48. The first-order valence-corrected chi connectivity index (χ1v) is 5.40. The van der Waals surface area contributed by atoms with Gasteiger partial charge >= 0.3 is 0 Å². The Morgan fingerprint density at radius 2 is 2.00 bits per heavy atom. The summed E-state index contributed by atoms with van der Waals surface area (Å²) in [4.78, 5) is 1.56. The van der Waals surface area contributed by atoms with Crippen molar-refractivity contribution in [3.63, 3.8) is 0 Å². The molecule has 0 atom stereocenters. The number of aryl methyl sites for hydroxylation is 2. The number of thiophene rings is 1. The predicted octanol–water partition coefficient (Wildman–Crippen LogP) is 4.04. The smallest absolute Gasteiger partial charge is 0.00746 e. The van der Waals surface area contributed by atoms with Crippen molar-refractivity contribution in [3.8, 4) is 0 Å². The Labute approximate surface area is 79.6 Å². The molecular formula is C11H18S. The van der Waals surface area contributed by atoms with Crippen molar-refractivity contribution in [2.24, 2.45) is 5.41 Å². The molecule has 1 rings (SSSR count). The van der Waals surface area contributed by atoms with Gasteiger partial charge in [0.15, 0.2) is 0 Å². The second kappa shape index (κ2) is 3.61. The molecule has 1 aromatic rings. The molecule has 0 fully saturated rings. The van der Waals surface area contributed by atoms with Gasteiger partial charge in [-0.25, -0.2) is 0 Å². The van der Waals surface area contributed by atoms with Crippen LogP contribution in [0.1, 0.15) is 37.6 Å². The third kappa shape index (κ3) is 2.98. The molecule has 1 heteroatoms. The van der Waals surface area contributed by atoms with Crippen molar-refractivity contribution in [2.75, 3.05) is 0 Å². The van der Waals surface area contributed by atoms with E-state index in [1.807, 2.05) is 11.3 Å². The minimum Gasteiger partial charge on any atom is -0.149 e. The Morgan fingerprint density at radius 3 is 2.42 bits per heavy atom. The molecule has 0 aliphatic heterocycles. The zero-order chi connectivity index (χ0) is 9.19. The van der Waals surface area contributed by atoms with Crippen molar-refractivity contribution < 1.29 is 0 Å². The fourth-order valence-electron chi connectivity index (χ4n) is 1.15. The molecule has 0 N–H and O–H groups in total. The number of hydrogen-bond acceptors (Lipinski definition) is 1. The Hall–Kier alpha value is -0.300. The molecule has 1 heterocycles. The van der Waals surface area contributed by atoms with Crippen LogP contribution in [0.4, 0.5) is 0 Å². The maximum absolute atomic E-state index is 2.30. The average molecular weight is 182 g/mol. The van der Waals surface area contributed by atoms with Crippen LogP contribution in [-0.2, 0) is 6.42 Å². The third-order valence-corrected chi connectivity index (χ3v) is 3.15. The third-order valence-electron chi connectivity index (χ3n) is 2.07. The van der Waals surface area contributed by atoms with Gasteiger partial charge in [-0.2, -0.15) is 0 Å². The zero-order valence-corrected chi connectivity index (χ0v) is 9.29. The summed E-state index contributed by atoms with van der Waals surface area (Å²) in [6.07, 6.45) is 2.53. The van der Waals surface area contributed by atoms with Gasteiger partial charge in [0.1, 0.15) is 0 Å². The fourth-order valence-corrected chi connectivity index (χ4v) is 2.06. The van der Waals surface area contributed by atoms with Crippen molar-refractivity contribution in [2.45, 2.75) is 40.5 Å². The number of rotatable bonds is 2. The first kappa shape index (κ1) is 9.79. The van der Waals surface area contributed by atoms with Crippen LogP contribution in [-0.4, -0.2) is 0 Å². The van der Waals surface area contributed by atoms with Crippen LogP contribution in [0, 0.1) is 12.3 Å². The molecule has 0 amide bonds. The number of hydrogen-bond donors (Lipinski definition) is 0. The summed E-state index contributed by atoms with van der Waals surface area (Å²) in [7, 11) is 0. The second-order valence-corrected chi connectivity index (χ2v) is 5.59. The molecule has 0 saturated heterocycles. The quantitative estimate of drug-likeness (QED) is 0.647. The molecule has 0 saturated carbocycles. The van der Waals surface area contributed by atoms with E-state index in [2.05, 4.69) is 39.1 Å². The minimum atomic E-state index is 0.469. The van der Waals surface area contributed by atoms with E-state index in [9.17, 15) is 0 Å². The van der Waals surface area contributed by atoms with Crippen LogP contribution in [0.15, 0.2) is 11.4 Å². The van der Waals surface area contributed by atoms with Crippen molar-refractivity contribution >= 4 is 11.3 Å². The van der Waals surface area contributed by atoms with Crippen LogP contribution in [0.3, 0.4) is 0 Å². The summed E-state index contributed by atoms with van der Waals surface area (Å²) < 4.78 is 0. The molecule has 0 unspecified atom stereocenters. The SMILES string of the molecule is Cc1ccsc1CCC(C)(C)C. The highest BCUT2D eigenvalue weighted by atomic mass is 32.1. The molecule has 0 aliphatic rings. The second-order valence-electron chi connectivity index (χ2n) is 4.59. The monoisotopic (exact) mass is 182 g/mol. The van der Waals surface area contributed by atoms with Crippen LogP contribution in [0.25, 0.3) is 0 Å². The lowest BCUT2D eigenvalue weighted by atomic mass is 9.90. The van der Waals surface area contributed by atoms with Crippen molar-refractivity contribution in [1.82, 2.24) is 0 Å². The normalized spacial score (nSPS) is 12.0. The maximum Gasteiger partial charge on any atom is 0.00746 e. The molecule has 0 nitrogen and oxygen atoms in total. The summed E-state index contributed by atoms with van der Waals surface area (Å²) in [5.74, 6) is 0. The summed E-state index contributed by atoms with van der Waals surface area (Å²) >= 11 is 1.89.